The Labute approximate surface area is 179 Å². The molecule has 2 N–H and O–H groups in total. The number of carboxylic acid groups (broad SMARTS) is 1. The average Bonchev–Trinajstić information content (AvgIpc) is 3.08. The van der Waals surface area contributed by atoms with Crippen LogP contribution in [0.2, 0.25) is 0 Å². The van der Waals surface area contributed by atoms with Crippen LogP contribution in [0.1, 0.15) is 27.4 Å². The number of ether oxygens (including phenoxy) is 1. The van der Waals surface area contributed by atoms with E-state index in [1.807, 2.05) is 29.2 Å². The molecule has 0 atom stereocenters. The Bertz CT molecular complexity index is 1090. The van der Waals surface area contributed by atoms with Crippen LogP contribution in [0, 0.1) is 0 Å². The highest BCUT2D eigenvalue weighted by Gasteiger charge is 2.31. The molecule has 0 unspecified atom stereocenters. The van der Waals surface area contributed by atoms with Gasteiger partial charge in [-0.15, -0.1) is 0 Å². The molecule has 0 spiro atoms. The quantitative estimate of drug-likeness (QED) is 0.663. The average molecular weight is 415 g/mol. The van der Waals surface area contributed by atoms with Crippen LogP contribution < -0.4 is 10.2 Å². The van der Waals surface area contributed by atoms with Gasteiger partial charge in [-0.2, -0.15) is 0 Å². The third-order valence-electron chi connectivity index (χ3n) is 5.87. The maximum atomic E-state index is 12.4. The van der Waals surface area contributed by atoms with Gasteiger partial charge in [-0.1, -0.05) is 48.5 Å². The summed E-state index contributed by atoms with van der Waals surface area (Å²) in [4.78, 5) is 29.4. The van der Waals surface area contributed by atoms with Crippen LogP contribution in [-0.4, -0.2) is 47.9 Å². The van der Waals surface area contributed by atoms with E-state index in [0.717, 1.165) is 0 Å². The number of carbonyl (C=O) groups excluding carboxylic acids is 1. The number of fused-ring (bicyclic) bond motifs is 3. The molecule has 1 saturated heterocycles. The molecule has 1 aromatic heterocycles. The molecule has 7 heteroatoms. The van der Waals surface area contributed by atoms with Gasteiger partial charge in [-0.25, -0.2) is 14.6 Å². The summed E-state index contributed by atoms with van der Waals surface area (Å²) >= 11 is 0. The van der Waals surface area contributed by atoms with Gasteiger partial charge in [-0.05, 0) is 34.4 Å². The lowest BCUT2D eigenvalue weighted by atomic mass is 9.98. The zero-order chi connectivity index (χ0) is 21.4. The molecule has 2 aliphatic rings. The number of aromatic nitrogens is 1. The summed E-state index contributed by atoms with van der Waals surface area (Å²) in [6.07, 6.45) is 0.907. The van der Waals surface area contributed by atoms with Gasteiger partial charge in [0, 0.05) is 25.2 Å². The van der Waals surface area contributed by atoms with Crippen LogP contribution in [0.25, 0.3) is 11.1 Å². The second-order valence-corrected chi connectivity index (χ2v) is 7.78. The third kappa shape index (κ3) is 3.59. The smallest absolute Gasteiger partial charge is 0.407 e. The summed E-state index contributed by atoms with van der Waals surface area (Å²) in [6.45, 7) is 1.49. The number of amides is 1. The van der Waals surface area contributed by atoms with Crippen molar-refractivity contribution in [3.05, 3.63) is 83.6 Å². The first-order chi connectivity index (χ1) is 15.1. The minimum Gasteiger partial charge on any atom is -0.478 e. The molecule has 1 fully saturated rings. The Morgan fingerprint density at radius 3 is 2.23 bits per heavy atom. The molecule has 7 nitrogen and oxygen atoms in total. The van der Waals surface area contributed by atoms with Crippen molar-refractivity contribution in [2.75, 3.05) is 24.6 Å². The normalized spacial score (nSPS) is 15.0. The number of hydrogen-bond donors (Lipinski definition) is 2. The van der Waals surface area contributed by atoms with Gasteiger partial charge in [0.05, 0.1) is 11.6 Å². The predicted molar refractivity (Wildman–Crippen MR) is 115 cm³/mol. The first-order valence-electron chi connectivity index (χ1n) is 10.2. The van der Waals surface area contributed by atoms with Gasteiger partial charge in [0.25, 0.3) is 0 Å². The van der Waals surface area contributed by atoms with Crippen LogP contribution >= 0.6 is 0 Å². The van der Waals surface area contributed by atoms with E-state index in [2.05, 4.69) is 34.6 Å². The predicted octanol–water partition coefficient (Wildman–Crippen LogP) is 3.51. The lowest BCUT2D eigenvalue weighted by molar-refractivity contribution is 0.0696. The summed E-state index contributed by atoms with van der Waals surface area (Å²) in [7, 11) is 0. The zero-order valence-corrected chi connectivity index (χ0v) is 16.7. The van der Waals surface area contributed by atoms with Crippen LogP contribution in [0.5, 0.6) is 0 Å². The number of benzene rings is 2. The number of rotatable bonds is 5. The van der Waals surface area contributed by atoms with Gasteiger partial charge >= 0.3 is 12.1 Å². The van der Waals surface area contributed by atoms with Crippen molar-refractivity contribution in [3.8, 4) is 11.1 Å². The molecule has 2 aromatic carbocycles. The van der Waals surface area contributed by atoms with Crippen LogP contribution in [0.4, 0.5) is 10.6 Å². The summed E-state index contributed by atoms with van der Waals surface area (Å²) in [5, 5.41) is 11.8. The number of aromatic carboxylic acids is 1. The maximum Gasteiger partial charge on any atom is 0.407 e. The molecule has 0 saturated carbocycles. The molecular formula is C24H21N3O4. The van der Waals surface area contributed by atoms with E-state index in [1.165, 1.54) is 34.5 Å². The minimum absolute atomic E-state index is 0.0309. The van der Waals surface area contributed by atoms with Crippen molar-refractivity contribution in [1.29, 1.82) is 0 Å². The topological polar surface area (TPSA) is 91.8 Å². The lowest BCUT2D eigenvalue weighted by Crippen LogP contribution is -2.59. The van der Waals surface area contributed by atoms with Crippen molar-refractivity contribution >= 4 is 17.9 Å². The highest BCUT2D eigenvalue weighted by Crippen LogP contribution is 2.44. The van der Waals surface area contributed by atoms with E-state index in [9.17, 15) is 9.59 Å². The third-order valence-corrected chi connectivity index (χ3v) is 5.87. The fourth-order valence-electron chi connectivity index (χ4n) is 4.26. The van der Waals surface area contributed by atoms with E-state index in [1.54, 1.807) is 6.07 Å². The molecule has 156 valence electrons. The van der Waals surface area contributed by atoms with E-state index in [-0.39, 0.29) is 24.1 Å². The summed E-state index contributed by atoms with van der Waals surface area (Å²) < 4.78 is 5.58. The van der Waals surface area contributed by atoms with Crippen molar-refractivity contribution in [2.45, 2.75) is 12.0 Å². The molecule has 0 radical (unpaired) electrons. The standard InChI is InChI=1S/C24H21N3O4/c28-23(29)15-9-10-22(25-11-15)27-12-16(13-27)26-24(30)31-14-21-19-7-3-1-5-17(19)18-6-2-4-8-20(18)21/h1-11,16,21H,12-14H2,(H,26,30)(H,28,29). The molecule has 2 heterocycles. The number of anilines is 1. The van der Waals surface area contributed by atoms with Gasteiger partial charge < -0.3 is 20.1 Å². The van der Waals surface area contributed by atoms with Crippen molar-refractivity contribution in [3.63, 3.8) is 0 Å². The van der Waals surface area contributed by atoms with Crippen molar-refractivity contribution in [1.82, 2.24) is 10.3 Å². The monoisotopic (exact) mass is 415 g/mol. The molecule has 1 aliphatic carbocycles. The Hall–Kier alpha value is -3.87. The summed E-state index contributed by atoms with van der Waals surface area (Å²) in [6, 6.07) is 19.6. The molecule has 0 bridgehead atoms. The Morgan fingerprint density at radius 2 is 1.65 bits per heavy atom. The first kappa shape index (κ1) is 19.1. The van der Waals surface area contributed by atoms with Crippen LogP contribution in [0.3, 0.4) is 0 Å². The van der Waals surface area contributed by atoms with Crippen LogP contribution in [-0.2, 0) is 4.74 Å². The van der Waals surface area contributed by atoms with Crippen molar-refractivity contribution < 1.29 is 19.4 Å². The second-order valence-electron chi connectivity index (χ2n) is 7.78. The van der Waals surface area contributed by atoms with Gasteiger partial charge in [-0.3, -0.25) is 0 Å². The molecule has 31 heavy (non-hydrogen) atoms. The zero-order valence-electron chi connectivity index (χ0n) is 16.7. The molecular weight excluding hydrogens is 394 g/mol. The largest absolute Gasteiger partial charge is 0.478 e. The van der Waals surface area contributed by atoms with E-state index >= 15 is 0 Å². The maximum absolute atomic E-state index is 12.4. The highest BCUT2D eigenvalue weighted by molar-refractivity contribution is 5.87. The van der Waals surface area contributed by atoms with Crippen LogP contribution in [0.15, 0.2) is 66.9 Å². The number of pyridine rings is 1. The van der Waals surface area contributed by atoms with Gasteiger partial charge in [0.15, 0.2) is 0 Å². The number of carboxylic acids is 1. The molecule has 1 amide bonds. The fraction of sp³-hybridized carbons (Fsp3) is 0.208. The Kier molecular flexibility index (Phi) is 4.78. The number of alkyl carbamates (subject to hydrolysis) is 1. The van der Waals surface area contributed by atoms with Gasteiger partial charge in [0.2, 0.25) is 0 Å². The van der Waals surface area contributed by atoms with E-state index in [4.69, 9.17) is 9.84 Å². The second kappa shape index (κ2) is 7.75. The number of carbonyl (C=O) groups is 2. The van der Waals surface area contributed by atoms with E-state index < -0.39 is 12.1 Å². The summed E-state index contributed by atoms with van der Waals surface area (Å²) in [5.41, 5.74) is 4.91. The Balaban J connectivity index is 1.15. The minimum atomic E-state index is -1.00. The highest BCUT2D eigenvalue weighted by atomic mass is 16.5. The molecule has 3 aromatic rings. The number of nitrogens with one attached hydrogen (secondary N) is 1. The number of hydrogen-bond acceptors (Lipinski definition) is 5. The van der Waals surface area contributed by atoms with Gasteiger partial charge in [0.1, 0.15) is 12.4 Å². The van der Waals surface area contributed by atoms with Crippen molar-refractivity contribution in [2.24, 2.45) is 0 Å². The fourth-order valence-corrected chi connectivity index (χ4v) is 4.26. The first-order valence-corrected chi connectivity index (χ1v) is 10.2. The molecule has 5 rings (SSSR count). The molecule has 1 aliphatic heterocycles. The SMILES string of the molecule is O=C(NC1CN(c2ccc(C(=O)O)cn2)C1)OCC1c2ccccc2-c2ccccc21. The van der Waals surface area contributed by atoms with E-state index in [0.29, 0.717) is 18.9 Å². The number of nitrogens with zero attached hydrogens (tertiary/aromatic N) is 2. The summed E-state index contributed by atoms with van der Waals surface area (Å²) in [5.74, 6) is -0.277. The Morgan fingerprint density at radius 1 is 1.00 bits per heavy atom. The lowest BCUT2D eigenvalue weighted by Gasteiger charge is -2.40.